The standard InChI is InChI=1S/C14H20N2O2/c1-15-7-12-10-18-16(13(12)8-15)14(9-17)11-5-3-2-4-6-11/h2-6,12-14,17H,7-10H2,1H3/t12?,13?,14-/m0/s1. The predicted molar refractivity (Wildman–Crippen MR) is 68.8 cm³/mol. The maximum Gasteiger partial charge on any atom is 0.0836 e. The molecule has 4 nitrogen and oxygen atoms in total. The van der Waals surface area contributed by atoms with Crippen molar-refractivity contribution in [1.82, 2.24) is 9.96 Å². The fourth-order valence-corrected chi connectivity index (χ4v) is 3.12. The highest BCUT2D eigenvalue weighted by atomic mass is 16.7. The monoisotopic (exact) mass is 248 g/mol. The zero-order valence-corrected chi connectivity index (χ0v) is 10.7. The highest BCUT2D eigenvalue weighted by molar-refractivity contribution is 5.19. The van der Waals surface area contributed by atoms with Gasteiger partial charge in [0.2, 0.25) is 0 Å². The van der Waals surface area contributed by atoms with Gasteiger partial charge in [0.05, 0.1) is 25.3 Å². The number of aliphatic hydroxyl groups is 1. The molecule has 2 heterocycles. The van der Waals surface area contributed by atoms with Crippen molar-refractivity contribution >= 4 is 0 Å². The summed E-state index contributed by atoms with van der Waals surface area (Å²) in [5.41, 5.74) is 1.12. The van der Waals surface area contributed by atoms with Crippen LogP contribution in [0.15, 0.2) is 30.3 Å². The fraction of sp³-hybridized carbons (Fsp3) is 0.571. The van der Waals surface area contributed by atoms with Crippen LogP contribution in [0.1, 0.15) is 11.6 Å². The van der Waals surface area contributed by atoms with Crippen molar-refractivity contribution in [1.29, 1.82) is 0 Å². The molecule has 1 aromatic carbocycles. The molecule has 98 valence electrons. The number of hydrogen-bond acceptors (Lipinski definition) is 4. The minimum atomic E-state index is -0.0484. The zero-order valence-electron chi connectivity index (χ0n) is 10.7. The Morgan fingerprint density at radius 1 is 1.33 bits per heavy atom. The van der Waals surface area contributed by atoms with Crippen LogP contribution >= 0.6 is 0 Å². The van der Waals surface area contributed by atoms with Crippen molar-refractivity contribution in [2.75, 3.05) is 33.4 Å². The second-order valence-corrected chi connectivity index (χ2v) is 5.31. The number of aliphatic hydroxyl groups excluding tert-OH is 1. The molecule has 2 fully saturated rings. The number of benzene rings is 1. The minimum Gasteiger partial charge on any atom is -0.394 e. The number of rotatable bonds is 3. The molecule has 0 bridgehead atoms. The van der Waals surface area contributed by atoms with Crippen LogP contribution in [-0.2, 0) is 4.84 Å². The smallest absolute Gasteiger partial charge is 0.0836 e. The highest BCUT2D eigenvalue weighted by Gasteiger charge is 2.44. The third-order valence-corrected chi connectivity index (χ3v) is 4.02. The normalized spacial score (nSPS) is 30.6. The van der Waals surface area contributed by atoms with Gasteiger partial charge in [-0.3, -0.25) is 4.84 Å². The van der Waals surface area contributed by atoms with E-state index in [1.807, 2.05) is 23.3 Å². The molecule has 3 rings (SSSR count). The van der Waals surface area contributed by atoms with Gasteiger partial charge >= 0.3 is 0 Å². The van der Waals surface area contributed by atoms with E-state index in [4.69, 9.17) is 4.84 Å². The lowest BCUT2D eigenvalue weighted by molar-refractivity contribution is -0.174. The summed E-state index contributed by atoms with van der Waals surface area (Å²) in [6.07, 6.45) is 0. The molecule has 2 unspecified atom stereocenters. The molecule has 2 aliphatic rings. The van der Waals surface area contributed by atoms with Crippen LogP contribution in [0.4, 0.5) is 0 Å². The largest absolute Gasteiger partial charge is 0.394 e. The summed E-state index contributed by atoms with van der Waals surface area (Å²) in [7, 11) is 2.15. The SMILES string of the molecule is CN1CC2CON([C@@H](CO)c3ccccc3)C2C1. The second-order valence-electron chi connectivity index (χ2n) is 5.31. The first-order valence-electron chi connectivity index (χ1n) is 6.55. The van der Waals surface area contributed by atoms with Gasteiger partial charge in [0, 0.05) is 19.0 Å². The van der Waals surface area contributed by atoms with Gasteiger partial charge in [-0.05, 0) is 12.6 Å². The van der Waals surface area contributed by atoms with Crippen LogP contribution in [0.5, 0.6) is 0 Å². The molecule has 3 atom stereocenters. The average molecular weight is 248 g/mol. The Bertz CT molecular complexity index is 398. The number of fused-ring (bicyclic) bond motifs is 1. The van der Waals surface area contributed by atoms with E-state index in [-0.39, 0.29) is 12.6 Å². The molecule has 2 saturated heterocycles. The average Bonchev–Trinajstić information content (AvgIpc) is 2.92. The maximum absolute atomic E-state index is 9.69. The third kappa shape index (κ3) is 2.06. The van der Waals surface area contributed by atoms with Crippen molar-refractivity contribution < 1.29 is 9.94 Å². The molecular formula is C14H20N2O2. The summed E-state index contributed by atoms with van der Waals surface area (Å²) in [6.45, 7) is 2.98. The Hall–Kier alpha value is -0.940. The van der Waals surface area contributed by atoms with Crippen molar-refractivity contribution in [3.8, 4) is 0 Å². The van der Waals surface area contributed by atoms with Crippen LogP contribution in [-0.4, -0.2) is 54.5 Å². The van der Waals surface area contributed by atoms with E-state index in [0.29, 0.717) is 12.0 Å². The van der Waals surface area contributed by atoms with Gasteiger partial charge in [0.25, 0.3) is 0 Å². The zero-order chi connectivity index (χ0) is 12.5. The van der Waals surface area contributed by atoms with E-state index >= 15 is 0 Å². The van der Waals surface area contributed by atoms with Crippen molar-refractivity contribution in [2.24, 2.45) is 5.92 Å². The Kier molecular flexibility index (Phi) is 3.35. The van der Waals surface area contributed by atoms with E-state index in [0.717, 1.165) is 25.3 Å². The van der Waals surface area contributed by atoms with Gasteiger partial charge < -0.3 is 10.0 Å². The molecule has 2 aliphatic heterocycles. The Labute approximate surface area is 108 Å². The molecule has 1 N–H and O–H groups in total. The Morgan fingerprint density at radius 2 is 2.11 bits per heavy atom. The lowest BCUT2D eigenvalue weighted by atomic mass is 10.0. The Balaban J connectivity index is 1.81. The van der Waals surface area contributed by atoms with Crippen molar-refractivity contribution in [3.63, 3.8) is 0 Å². The number of hydroxylamine groups is 2. The molecular weight excluding hydrogens is 228 g/mol. The van der Waals surface area contributed by atoms with E-state index < -0.39 is 0 Å². The maximum atomic E-state index is 9.69. The minimum absolute atomic E-state index is 0.0484. The third-order valence-electron chi connectivity index (χ3n) is 4.02. The first kappa shape index (κ1) is 12.1. The summed E-state index contributed by atoms with van der Waals surface area (Å²) < 4.78 is 0. The molecule has 18 heavy (non-hydrogen) atoms. The van der Waals surface area contributed by atoms with Gasteiger partial charge in [-0.1, -0.05) is 30.3 Å². The van der Waals surface area contributed by atoms with E-state index in [2.05, 4.69) is 24.1 Å². The highest BCUT2D eigenvalue weighted by Crippen LogP contribution is 2.34. The van der Waals surface area contributed by atoms with Crippen LogP contribution < -0.4 is 0 Å². The van der Waals surface area contributed by atoms with Crippen molar-refractivity contribution in [2.45, 2.75) is 12.1 Å². The number of nitrogens with zero attached hydrogens (tertiary/aromatic N) is 2. The van der Waals surface area contributed by atoms with Crippen molar-refractivity contribution in [3.05, 3.63) is 35.9 Å². The van der Waals surface area contributed by atoms with E-state index in [1.54, 1.807) is 0 Å². The summed E-state index contributed by atoms with van der Waals surface area (Å²) in [6, 6.07) is 10.5. The molecule has 0 aromatic heterocycles. The van der Waals surface area contributed by atoms with Gasteiger partial charge in [-0.25, -0.2) is 0 Å². The van der Waals surface area contributed by atoms with Gasteiger partial charge in [-0.15, -0.1) is 0 Å². The van der Waals surface area contributed by atoms with Crippen LogP contribution in [0.2, 0.25) is 0 Å². The summed E-state index contributed by atoms with van der Waals surface area (Å²) >= 11 is 0. The quantitative estimate of drug-likeness (QED) is 0.862. The second kappa shape index (κ2) is 4.97. The molecule has 0 spiro atoms. The topological polar surface area (TPSA) is 35.9 Å². The van der Waals surface area contributed by atoms with Gasteiger partial charge in [0.15, 0.2) is 0 Å². The first-order valence-corrected chi connectivity index (χ1v) is 6.55. The summed E-state index contributed by atoms with van der Waals surface area (Å²) in [4.78, 5) is 8.16. The van der Waals surface area contributed by atoms with Crippen LogP contribution in [0, 0.1) is 5.92 Å². The molecule has 0 amide bonds. The molecule has 1 aromatic rings. The van der Waals surface area contributed by atoms with Crippen LogP contribution in [0.3, 0.4) is 0 Å². The fourth-order valence-electron chi connectivity index (χ4n) is 3.12. The first-order chi connectivity index (χ1) is 8.79. The lowest BCUT2D eigenvalue weighted by Crippen LogP contribution is -2.38. The summed E-state index contributed by atoms with van der Waals surface area (Å²) in [5, 5.41) is 11.7. The molecule has 0 saturated carbocycles. The number of likely N-dealkylation sites (tertiary alicyclic amines) is 1. The number of likely N-dealkylation sites (N-methyl/N-ethyl adjacent to an activating group) is 1. The molecule has 0 aliphatic carbocycles. The summed E-state index contributed by atoms with van der Waals surface area (Å²) in [5.74, 6) is 0.577. The predicted octanol–water partition coefficient (Wildman–Crippen LogP) is 0.897. The van der Waals surface area contributed by atoms with Crippen LogP contribution in [0.25, 0.3) is 0 Å². The van der Waals surface area contributed by atoms with E-state index in [1.165, 1.54) is 0 Å². The van der Waals surface area contributed by atoms with Gasteiger partial charge in [-0.2, -0.15) is 5.06 Å². The Morgan fingerprint density at radius 3 is 2.83 bits per heavy atom. The number of hydrogen-bond donors (Lipinski definition) is 1. The van der Waals surface area contributed by atoms with E-state index in [9.17, 15) is 5.11 Å². The lowest BCUT2D eigenvalue weighted by Gasteiger charge is -2.30. The molecule has 4 heteroatoms. The van der Waals surface area contributed by atoms with Gasteiger partial charge in [0.1, 0.15) is 0 Å². The molecule has 0 radical (unpaired) electrons.